The third-order valence-electron chi connectivity index (χ3n) is 5.43. The van der Waals surface area contributed by atoms with Gasteiger partial charge in [-0.25, -0.2) is 4.79 Å². The van der Waals surface area contributed by atoms with Crippen LogP contribution in [0.4, 0.5) is 24.5 Å². The summed E-state index contributed by atoms with van der Waals surface area (Å²) in [6, 6.07) is 0.954. The van der Waals surface area contributed by atoms with E-state index in [2.05, 4.69) is 0 Å². The number of hydrogen-bond acceptors (Lipinski definition) is 6. The van der Waals surface area contributed by atoms with E-state index >= 15 is 0 Å². The summed E-state index contributed by atoms with van der Waals surface area (Å²) in [5, 5.41) is 11.7. The fraction of sp³-hybridized carbons (Fsp3) is 0.556. The van der Waals surface area contributed by atoms with Crippen molar-refractivity contribution in [2.45, 2.75) is 51.2 Å². The number of halogens is 3. The largest absolute Gasteiger partial charge is 0.459 e. The Bertz CT molecular complexity index is 978. The van der Waals surface area contributed by atoms with Crippen molar-refractivity contribution in [3.63, 3.8) is 0 Å². The van der Waals surface area contributed by atoms with Crippen LogP contribution >= 0.6 is 7.60 Å². The average molecular weight is 482 g/mol. The summed E-state index contributed by atoms with van der Waals surface area (Å²) >= 11 is 0. The second-order valence-electron chi connectivity index (χ2n) is 7.34. The van der Waals surface area contributed by atoms with Crippen LogP contribution in [0.15, 0.2) is 12.1 Å². The molecule has 178 valence electrons. The Kier molecular flexibility index (Phi) is 7.38. The quantitative estimate of drug-likeness (QED) is 0.207. The Morgan fingerprint density at radius 2 is 1.94 bits per heavy atom. The van der Waals surface area contributed by atoms with E-state index < -0.39 is 59.2 Å². The van der Waals surface area contributed by atoms with Gasteiger partial charge in [0.05, 0.1) is 23.3 Å². The van der Waals surface area contributed by atoms with Crippen LogP contribution in [0.2, 0.25) is 0 Å². The van der Waals surface area contributed by atoms with Gasteiger partial charge < -0.3 is 14.5 Å². The molecule has 0 fully saturated rings. The molecule has 32 heavy (non-hydrogen) atoms. The molecule has 2 N–H and O–H groups in total. The van der Waals surface area contributed by atoms with Crippen molar-refractivity contribution in [2.75, 3.05) is 17.7 Å². The first-order chi connectivity index (χ1) is 14.7. The summed E-state index contributed by atoms with van der Waals surface area (Å²) in [4.78, 5) is 55.2. The minimum Gasteiger partial charge on any atom is -0.459 e. The number of ether oxygens (including phenoxy) is 1. The number of aryl methyl sites for hydroxylation is 1. The highest BCUT2D eigenvalue weighted by Gasteiger charge is 2.49. The SMILES string of the molecule is CCOC(=O)C(=O)N1c2c(cc(C(F)(F)F)cc2[N+](=O)[O-])CCC1(CC)CCP(=O)(O)O. The molecular formula is C18H22F3N2O8P. The zero-order valence-corrected chi connectivity index (χ0v) is 18.1. The maximum Gasteiger partial charge on any atom is 0.416 e. The van der Waals surface area contributed by atoms with E-state index in [9.17, 15) is 47.2 Å². The lowest BCUT2D eigenvalue weighted by Gasteiger charge is -2.47. The molecule has 0 saturated heterocycles. The van der Waals surface area contributed by atoms with Crippen molar-refractivity contribution < 1.29 is 46.8 Å². The van der Waals surface area contributed by atoms with Gasteiger partial charge in [0.15, 0.2) is 0 Å². The van der Waals surface area contributed by atoms with Crippen LogP contribution in [0.3, 0.4) is 0 Å². The summed E-state index contributed by atoms with van der Waals surface area (Å²) in [7, 11) is -4.56. The fourth-order valence-corrected chi connectivity index (χ4v) is 4.56. The smallest absolute Gasteiger partial charge is 0.416 e. The number of esters is 1. The van der Waals surface area contributed by atoms with Crippen LogP contribution < -0.4 is 4.90 Å². The van der Waals surface area contributed by atoms with Crippen LogP contribution in [0, 0.1) is 10.1 Å². The van der Waals surface area contributed by atoms with Crippen LogP contribution in [0.25, 0.3) is 0 Å². The van der Waals surface area contributed by atoms with Crippen LogP contribution in [-0.2, 0) is 31.5 Å². The molecule has 0 spiro atoms. The lowest BCUT2D eigenvalue weighted by Crippen LogP contribution is -2.57. The molecular weight excluding hydrogens is 460 g/mol. The van der Waals surface area contributed by atoms with E-state index in [0.29, 0.717) is 11.0 Å². The molecule has 1 aliphatic rings. The lowest BCUT2D eigenvalue weighted by molar-refractivity contribution is -0.384. The van der Waals surface area contributed by atoms with Crippen molar-refractivity contribution >= 4 is 30.8 Å². The first kappa shape index (κ1) is 25.8. The number of benzene rings is 1. The molecule has 1 unspecified atom stereocenters. The van der Waals surface area contributed by atoms with E-state index in [1.165, 1.54) is 6.92 Å². The number of amides is 1. The first-order valence-corrected chi connectivity index (χ1v) is 11.4. The van der Waals surface area contributed by atoms with E-state index in [4.69, 9.17) is 4.74 Å². The van der Waals surface area contributed by atoms with Gasteiger partial charge in [0.2, 0.25) is 0 Å². The van der Waals surface area contributed by atoms with Gasteiger partial charge in [0.25, 0.3) is 5.69 Å². The number of alkyl halides is 3. The molecule has 2 rings (SSSR count). The van der Waals surface area contributed by atoms with Gasteiger partial charge in [-0.1, -0.05) is 6.92 Å². The molecule has 0 bridgehead atoms. The molecule has 14 heteroatoms. The molecule has 0 saturated carbocycles. The lowest BCUT2D eigenvalue weighted by atomic mass is 9.79. The van der Waals surface area contributed by atoms with Gasteiger partial charge >= 0.3 is 25.6 Å². The number of carbonyl (C=O) groups is 2. The minimum absolute atomic E-state index is 0.0236. The Labute approximate surface area is 180 Å². The summed E-state index contributed by atoms with van der Waals surface area (Å²) in [5.74, 6) is -2.74. The van der Waals surface area contributed by atoms with Gasteiger partial charge in [-0.2, -0.15) is 13.2 Å². The molecule has 0 aliphatic carbocycles. The topological polar surface area (TPSA) is 147 Å². The number of hydrogen-bond donors (Lipinski definition) is 2. The van der Waals surface area contributed by atoms with Gasteiger partial charge in [-0.15, -0.1) is 0 Å². The van der Waals surface area contributed by atoms with E-state index in [1.54, 1.807) is 6.92 Å². The van der Waals surface area contributed by atoms with E-state index in [1.807, 2.05) is 0 Å². The molecule has 0 radical (unpaired) electrons. The molecule has 1 aliphatic heterocycles. The Hall–Kier alpha value is -2.50. The molecule has 1 aromatic carbocycles. The number of nitrogens with zero attached hydrogens (tertiary/aromatic N) is 2. The summed E-state index contributed by atoms with van der Waals surface area (Å²) in [6.07, 6.45) is -6.11. The number of rotatable bonds is 6. The number of nitro groups is 1. The van der Waals surface area contributed by atoms with Crippen molar-refractivity contribution in [1.29, 1.82) is 0 Å². The van der Waals surface area contributed by atoms with Crippen LogP contribution in [0.1, 0.15) is 44.2 Å². The molecule has 0 aromatic heterocycles. The van der Waals surface area contributed by atoms with Crippen molar-refractivity contribution in [3.8, 4) is 0 Å². The monoisotopic (exact) mass is 482 g/mol. The summed E-state index contributed by atoms with van der Waals surface area (Å²) in [5.41, 5.74) is -4.46. The summed E-state index contributed by atoms with van der Waals surface area (Å²) < 4.78 is 56.1. The predicted octanol–water partition coefficient (Wildman–Crippen LogP) is 3.17. The van der Waals surface area contributed by atoms with E-state index in [-0.39, 0.29) is 43.9 Å². The molecule has 1 aromatic rings. The fourth-order valence-electron chi connectivity index (χ4n) is 3.85. The summed E-state index contributed by atoms with van der Waals surface area (Å²) in [6.45, 7) is 2.75. The number of carbonyl (C=O) groups excluding carboxylic acids is 2. The third kappa shape index (κ3) is 5.28. The standard InChI is InChI=1S/C18H22F3N2O8P/c1-3-17(7-8-32(28,29)30)6-5-11-9-12(18(19,20)21)10-13(23(26)27)14(11)22(17)15(24)16(25)31-4-2/h9-10H,3-8H2,1-2H3,(H2,28,29,30). The van der Waals surface area contributed by atoms with Crippen molar-refractivity contribution in [3.05, 3.63) is 33.4 Å². The Balaban J connectivity index is 2.80. The molecule has 1 amide bonds. The highest BCUT2D eigenvalue weighted by molar-refractivity contribution is 7.51. The maximum absolute atomic E-state index is 13.3. The predicted molar refractivity (Wildman–Crippen MR) is 105 cm³/mol. The van der Waals surface area contributed by atoms with Gasteiger partial charge in [0, 0.05) is 11.6 Å². The second kappa shape index (κ2) is 9.16. The maximum atomic E-state index is 13.3. The Morgan fingerprint density at radius 3 is 2.41 bits per heavy atom. The molecule has 1 atom stereocenters. The van der Waals surface area contributed by atoms with Crippen molar-refractivity contribution in [2.24, 2.45) is 0 Å². The highest BCUT2D eigenvalue weighted by atomic mass is 31.2. The zero-order chi connectivity index (χ0) is 24.5. The zero-order valence-electron chi connectivity index (χ0n) is 17.2. The first-order valence-electron chi connectivity index (χ1n) is 9.61. The normalized spacial score (nSPS) is 18.8. The number of nitro benzene ring substituents is 1. The van der Waals surface area contributed by atoms with Gasteiger partial charge in [-0.05, 0) is 44.2 Å². The number of anilines is 1. The van der Waals surface area contributed by atoms with Crippen LogP contribution in [0.5, 0.6) is 0 Å². The van der Waals surface area contributed by atoms with Gasteiger partial charge in [0.1, 0.15) is 5.69 Å². The van der Waals surface area contributed by atoms with Crippen LogP contribution in [-0.4, -0.2) is 44.9 Å². The molecule has 1 heterocycles. The second-order valence-corrected chi connectivity index (χ2v) is 9.11. The highest BCUT2D eigenvalue weighted by Crippen LogP contribution is 2.50. The van der Waals surface area contributed by atoms with Crippen molar-refractivity contribution in [1.82, 2.24) is 0 Å². The Morgan fingerprint density at radius 1 is 1.31 bits per heavy atom. The molecule has 10 nitrogen and oxygen atoms in total. The van der Waals surface area contributed by atoms with E-state index in [0.717, 1.165) is 0 Å². The third-order valence-corrected chi connectivity index (χ3v) is 6.24. The average Bonchev–Trinajstić information content (AvgIpc) is 2.69. The number of fused-ring (bicyclic) bond motifs is 1. The van der Waals surface area contributed by atoms with Gasteiger partial charge in [-0.3, -0.25) is 24.4 Å². The minimum atomic E-state index is -4.89.